The molecule has 0 aliphatic rings. The summed E-state index contributed by atoms with van der Waals surface area (Å²) in [5, 5.41) is 3.19. The van der Waals surface area contributed by atoms with Crippen LogP contribution in [0.15, 0.2) is 0 Å². The Kier molecular flexibility index (Phi) is 5.18. The van der Waals surface area contributed by atoms with E-state index in [1.807, 2.05) is 34.6 Å². The van der Waals surface area contributed by atoms with E-state index >= 15 is 0 Å². The van der Waals surface area contributed by atoms with Gasteiger partial charge in [0.25, 0.3) is 0 Å². The Morgan fingerprint density at radius 1 is 1.15 bits per heavy atom. The van der Waals surface area contributed by atoms with Crippen LogP contribution in [0.1, 0.15) is 34.6 Å². The lowest BCUT2D eigenvalue weighted by Crippen LogP contribution is -2.48. The van der Waals surface area contributed by atoms with Crippen molar-refractivity contribution in [1.29, 1.82) is 0 Å². The molecule has 0 saturated heterocycles. The maximum Gasteiger partial charge on any atom is 0.151 e. The van der Waals surface area contributed by atoms with Gasteiger partial charge in [-0.3, -0.25) is 4.79 Å². The molecule has 3 heteroatoms. The van der Waals surface area contributed by atoms with Gasteiger partial charge in [-0.05, 0) is 20.8 Å². The minimum absolute atomic E-state index is 0.0717. The van der Waals surface area contributed by atoms with Gasteiger partial charge < -0.3 is 11.1 Å². The summed E-state index contributed by atoms with van der Waals surface area (Å²) in [6, 6.07) is 0.154. The molecule has 0 saturated carbocycles. The molecule has 0 aromatic rings. The van der Waals surface area contributed by atoms with Crippen LogP contribution >= 0.6 is 0 Å². The monoisotopic (exact) mass is 186 g/mol. The van der Waals surface area contributed by atoms with E-state index in [2.05, 4.69) is 5.32 Å². The van der Waals surface area contributed by atoms with E-state index in [0.717, 1.165) is 0 Å². The first-order valence-electron chi connectivity index (χ1n) is 4.91. The molecule has 3 atom stereocenters. The largest absolute Gasteiger partial charge is 0.327 e. The smallest absolute Gasteiger partial charge is 0.151 e. The summed E-state index contributed by atoms with van der Waals surface area (Å²) in [6.07, 6.45) is 0. The third-order valence-electron chi connectivity index (χ3n) is 2.30. The van der Waals surface area contributed by atoms with E-state index in [9.17, 15) is 4.79 Å². The topological polar surface area (TPSA) is 55.1 Å². The number of nitrogens with one attached hydrogen (secondary N) is 1. The van der Waals surface area contributed by atoms with E-state index in [-0.39, 0.29) is 29.8 Å². The fourth-order valence-electron chi connectivity index (χ4n) is 1.13. The number of rotatable bonds is 5. The van der Waals surface area contributed by atoms with Gasteiger partial charge in [-0.15, -0.1) is 0 Å². The zero-order chi connectivity index (χ0) is 10.6. The maximum atomic E-state index is 11.5. The molecule has 0 radical (unpaired) electrons. The molecule has 3 nitrogen and oxygen atoms in total. The molecule has 0 heterocycles. The Bertz CT molecular complexity index is 166. The van der Waals surface area contributed by atoms with Crippen molar-refractivity contribution >= 4 is 5.78 Å². The Morgan fingerprint density at radius 3 is 1.92 bits per heavy atom. The van der Waals surface area contributed by atoms with Crippen LogP contribution in [0.25, 0.3) is 0 Å². The molecule has 13 heavy (non-hydrogen) atoms. The fraction of sp³-hybridized carbons (Fsp3) is 0.900. The summed E-state index contributed by atoms with van der Waals surface area (Å²) in [5.41, 5.74) is 5.69. The molecule has 78 valence electrons. The minimum Gasteiger partial charge on any atom is -0.327 e. The number of Topliss-reactive ketones (excluding diaryl/α,β-unsaturated/α-hetero) is 1. The van der Waals surface area contributed by atoms with Crippen molar-refractivity contribution in [1.82, 2.24) is 5.32 Å². The zero-order valence-electron chi connectivity index (χ0n) is 9.29. The van der Waals surface area contributed by atoms with Crippen molar-refractivity contribution in [3.63, 3.8) is 0 Å². The van der Waals surface area contributed by atoms with E-state index < -0.39 is 0 Å². The second-order valence-corrected chi connectivity index (χ2v) is 4.09. The summed E-state index contributed by atoms with van der Waals surface area (Å²) in [6.45, 7) is 9.65. The Hall–Kier alpha value is -0.410. The van der Waals surface area contributed by atoms with Crippen molar-refractivity contribution < 1.29 is 4.79 Å². The van der Waals surface area contributed by atoms with Gasteiger partial charge in [0.2, 0.25) is 0 Å². The second-order valence-electron chi connectivity index (χ2n) is 4.09. The quantitative estimate of drug-likeness (QED) is 0.671. The molecule has 2 unspecified atom stereocenters. The molecule has 0 aromatic heterocycles. The van der Waals surface area contributed by atoms with Gasteiger partial charge >= 0.3 is 0 Å². The molecule has 3 N–H and O–H groups in total. The second kappa shape index (κ2) is 5.35. The third-order valence-corrected chi connectivity index (χ3v) is 2.30. The Balaban J connectivity index is 4.00. The highest BCUT2D eigenvalue weighted by Gasteiger charge is 2.19. The van der Waals surface area contributed by atoms with Gasteiger partial charge in [0.1, 0.15) is 0 Å². The number of nitrogens with two attached hydrogens (primary N) is 1. The molecule has 0 fully saturated rings. The van der Waals surface area contributed by atoms with Crippen molar-refractivity contribution in [3.8, 4) is 0 Å². The Morgan fingerprint density at radius 2 is 1.62 bits per heavy atom. The van der Waals surface area contributed by atoms with E-state index in [4.69, 9.17) is 5.73 Å². The van der Waals surface area contributed by atoms with Gasteiger partial charge in [0, 0.05) is 18.0 Å². The summed E-state index contributed by atoms with van der Waals surface area (Å²) in [5.74, 6) is 0.329. The summed E-state index contributed by atoms with van der Waals surface area (Å²) < 4.78 is 0. The minimum atomic E-state index is -0.0963. The van der Waals surface area contributed by atoms with Gasteiger partial charge in [-0.25, -0.2) is 0 Å². The number of carbonyl (C=O) groups is 1. The third kappa shape index (κ3) is 4.39. The normalized spacial score (nSPS) is 18.4. The maximum absolute atomic E-state index is 11.5. The SMILES string of the molecule is CC(C)C(=O)[C@H](C)NC(C)C(C)N. The van der Waals surface area contributed by atoms with Crippen LogP contribution < -0.4 is 11.1 Å². The molecular weight excluding hydrogens is 164 g/mol. The van der Waals surface area contributed by atoms with Crippen LogP contribution in [0.2, 0.25) is 0 Å². The summed E-state index contributed by atoms with van der Waals surface area (Å²) in [4.78, 5) is 11.5. The lowest BCUT2D eigenvalue weighted by atomic mass is 10.0. The van der Waals surface area contributed by atoms with Crippen LogP contribution in [0.3, 0.4) is 0 Å². The number of hydrogen-bond acceptors (Lipinski definition) is 3. The van der Waals surface area contributed by atoms with E-state index in [1.165, 1.54) is 0 Å². The average molecular weight is 186 g/mol. The van der Waals surface area contributed by atoms with Crippen LogP contribution in [0.5, 0.6) is 0 Å². The van der Waals surface area contributed by atoms with E-state index in [1.54, 1.807) is 0 Å². The fourth-order valence-corrected chi connectivity index (χ4v) is 1.13. The lowest BCUT2D eigenvalue weighted by Gasteiger charge is -2.22. The lowest BCUT2D eigenvalue weighted by molar-refractivity contribution is -0.123. The number of carbonyl (C=O) groups excluding carboxylic acids is 1. The first-order valence-corrected chi connectivity index (χ1v) is 4.91. The molecule has 0 rings (SSSR count). The van der Waals surface area contributed by atoms with Crippen molar-refractivity contribution in [2.24, 2.45) is 11.7 Å². The molecule has 0 spiro atoms. The van der Waals surface area contributed by atoms with Crippen molar-refractivity contribution in [2.75, 3.05) is 0 Å². The zero-order valence-corrected chi connectivity index (χ0v) is 9.29. The highest BCUT2D eigenvalue weighted by Crippen LogP contribution is 2.01. The number of ketones is 1. The molecule has 0 amide bonds. The van der Waals surface area contributed by atoms with Crippen molar-refractivity contribution in [2.45, 2.75) is 52.7 Å². The van der Waals surface area contributed by atoms with Crippen LogP contribution in [-0.2, 0) is 4.79 Å². The Labute approximate surface area is 81.1 Å². The molecular formula is C10H22N2O. The van der Waals surface area contributed by atoms with Gasteiger partial charge in [0.15, 0.2) is 5.78 Å². The molecule has 0 aliphatic heterocycles. The summed E-state index contributed by atoms with van der Waals surface area (Å²) >= 11 is 0. The van der Waals surface area contributed by atoms with Crippen LogP contribution in [0.4, 0.5) is 0 Å². The molecule has 0 bridgehead atoms. The first kappa shape index (κ1) is 12.6. The van der Waals surface area contributed by atoms with E-state index in [0.29, 0.717) is 0 Å². The van der Waals surface area contributed by atoms with Crippen LogP contribution in [0, 0.1) is 5.92 Å². The number of hydrogen-bond donors (Lipinski definition) is 2. The van der Waals surface area contributed by atoms with Crippen molar-refractivity contribution in [3.05, 3.63) is 0 Å². The highest BCUT2D eigenvalue weighted by atomic mass is 16.1. The average Bonchev–Trinajstić information content (AvgIpc) is 2.02. The van der Waals surface area contributed by atoms with Crippen LogP contribution in [-0.4, -0.2) is 23.9 Å². The predicted molar refractivity (Wildman–Crippen MR) is 55.6 cm³/mol. The molecule has 0 aliphatic carbocycles. The van der Waals surface area contributed by atoms with Gasteiger partial charge in [0.05, 0.1) is 6.04 Å². The summed E-state index contributed by atoms with van der Waals surface area (Å²) in [7, 11) is 0. The molecule has 0 aromatic carbocycles. The predicted octanol–water partition coefficient (Wildman–Crippen LogP) is 0.925. The van der Waals surface area contributed by atoms with Gasteiger partial charge in [-0.2, -0.15) is 0 Å². The standard InChI is InChI=1S/C10H22N2O/c1-6(2)10(13)9(5)12-8(4)7(3)11/h6-9,12H,11H2,1-5H3/t7?,8?,9-/m0/s1. The van der Waals surface area contributed by atoms with Gasteiger partial charge in [-0.1, -0.05) is 13.8 Å². The highest BCUT2D eigenvalue weighted by molar-refractivity contribution is 5.85. The first-order chi connectivity index (χ1) is 5.86.